The van der Waals surface area contributed by atoms with E-state index in [9.17, 15) is 14.7 Å². The molecule has 2 aromatic rings. The van der Waals surface area contributed by atoms with Crippen molar-refractivity contribution in [1.29, 1.82) is 0 Å². The lowest BCUT2D eigenvalue weighted by molar-refractivity contribution is -0.140. The van der Waals surface area contributed by atoms with Crippen LogP contribution in [0, 0.1) is 0 Å². The Morgan fingerprint density at radius 3 is 2.21 bits per heavy atom. The van der Waals surface area contributed by atoms with Gasteiger partial charge < -0.3 is 29.0 Å². The lowest BCUT2D eigenvalue weighted by Crippen LogP contribution is -2.31. The zero-order valence-corrected chi connectivity index (χ0v) is 23.6. The molecule has 206 valence electrons. The number of Topliss-reactive ketones (excluding diaryl/α,β-unsaturated/α-hetero) is 1. The number of benzene rings is 2. The molecule has 0 saturated carbocycles. The summed E-state index contributed by atoms with van der Waals surface area (Å²) in [6, 6.07) is 9.95. The Labute approximate surface area is 225 Å². The lowest BCUT2D eigenvalue weighted by atomic mass is 9.85. The van der Waals surface area contributed by atoms with Gasteiger partial charge in [0.25, 0.3) is 11.7 Å². The van der Waals surface area contributed by atoms with Gasteiger partial charge in [0, 0.05) is 20.3 Å². The Morgan fingerprint density at radius 1 is 0.974 bits per heavy atom. The van der Waals surface area contributed by atoms with Gasteiger partial charge >= 0.3 is 0 Å². The van der Waals surface area contributed by atoms with Crippen LogP contribution in [0.1, 0.15) is 63.8 Å². The summed E-state index contributed by atoms with van der Waals surface area (Å²) < 4.78 is 22.1. The van der Waals surface area contributed by atoms with Crippen molar-refractivity contribution >= 4 is 17.4 Å². The molecule has 1 heterocycles. The Hall–Kier alpha value is -3.52. The fourth-order valence-corrected chi connectivity index (χ4v) is 4.55. The van der Waals surface area contributed by atoms with Gasteiger partial charge in [-0.05, 0) is 61.1 Å². The fraction of sp³-hybridized carbons (Fsp3) is 0.467. The van der Waals surface area contributed by atoms with Crippen LogP contribution < -0.4 is 14.2 Å². The summed E-state index contributed by atoms with van der Waals surface area (Å²) >= 11 is 0. The molecule has 3 rings (SSSR count). The van der Waals surface area contributed by atoms with Crippen LogP contribution in [0.4, 0.5) is 0 Å². The van der Waals surface area contributed by atoms with E-state index in [0.29, 0.717) is 41.4 Å². The van der Waals surface area contributed by atoms with E-state index in [1.807, 2.05) is 26.0 Å². The van der Waals surface area contributed by atoms with Crippen LogP contribution in [0.15, 0.2) is 42.0 Å². The minimum atomic E-state index is -0.836. The van der Waals surface area contributed by atoms with Crippen molar-refractivity contribution in [1.82, 2.24) is 4.90 Å². The third-order valence-electron chi connectivity index (χ3n) is 6.47. The smallest absolute Gasteiger partial charge is 0.295 e. The van der Waals surface area contributed by atoms with Crippen LogP contribution in [0.5, 0.6) is 17.2 Å². The number of likely N-dealkylation sites (tertiary alicyclic amines) is 1. The summed E-state index contributed by atoms with van der Waals surface area (Å²) in [5.41, 5.74) is 1.69. The van der Waals surface area contributed by atoms with E-state index in [0.717, 1.165) is 5.56 Å². The number of rotatable bonds is 10. The summed E-state index contributed by atoms with van der Waals surface area (Å²) in [4.78, 5) is 28.2. The van der Waals surface area contributed by atoms with Crippen LogP contribution in [-0.4, -0.2) is 62.3 Å². The largest absolute Gasteiger partial charge is 0.507 e. The van der Waals surface area contributed by atoms with E-state index in [4.69, 9.17) is 18.9 Å². The maximum Gasteiger partial charge on any atom is 0.295 e. The first-order valence-corrected chi connectivity index (χ1v) is 12.7. The molecule has 1 unspecified atom stereocenters. The SMILES string of the molecule is COCCCN1C(=O)C(=O)/C(=C(/O)c2cc(C(C)(C)C)ccc2OC)C1c1ccc(OC(C)C)c(OC)c1. The molecule has 1 saturated heterocycles. The number of amides is 1. The topological polar surface area (TPSA) is 94.5 Å². The van der Waals surface area contributed by atoms with Gasteiger partial charge in [0.1, 0.15) is 11.5 Å². The van der Waals surface area contributed by atoms with Crippen LogP contribution in [0.2, 0.25) is 0 Å². The number of hydrogen-bond donors (Lipinski definition) is 1. The molecule has 1 amide bonds. The third kappa shape index (κ3) is 5.96. The van der Waals surface area contributed by atoms with Crippen molar-refractivity contribution in [2.75, 3.05) is 34.5 Å². The summed E-state index contributed by atoms with van der Waals surface area (Å²) in [5.74, 6) is -0.312. The lowest BCUT2D eigenvalue weighted by Gasteiger charge is -2.26. The van der Waals surface area contributed by atoms with E-state index in [1.165, 1.54) is 19.1 Å². The van der Waals surface area contributed by atoms with Gasteiger partial charge in [-0.15, -0.1) is 0 Å². The maximum absolute atomic E-state index is 13.5. The minimum Gasteiger partial charge on any atom is -0.507 e. The first-order chi connectivity index (χ1) is 17.9. The molecule has 38 heavy (non-hydrogen) atoms. The molecule has 8 nitrogen and oxygen atoms in total. The van der Waals surface area contributed by atoms with Crippen molar-refractivity contribution in [2.45, 2.75) is 58.6 Å². The van der Waals surface area contributed by atoms with E-state index in [-0.39, 0.29) is 29.4 Å². The molecule has 0 bridgehead atoms. The predicted octanol–water partition coefficient (Wildman–Crippen LogP) is 5.25. The van der Waals surface area contributed by atoms with Gasteiger partial charge in [-0.25, -0.2) is 0 Å². The number of carbonyl (C=O) groups excluding carboxylic acids is 2. The first-order valence-electron chi connectivity index (χ1n) is 12.7. The number of methoxy groups -OCH3 is 3. The standard InChI is InChI=1S/C30H39NO7/c1-18(2)38-23-12-10-19(16-24(23)37-8)26-25(28(33)29(34)31(26)14-9-15-35-6)27(32)21-17-20(30(3,4)5)11-13-22(21)36-7/h10-13,16-18,26,32H,9,14-15H2,1-8H3/b27-25+. The van der Waals surface area contributed by atoms with Crippen LogP contribution in [0.25, 0.3) is 5.76 Å². The molecule has 1 aliphatic heterocycles. The third-order valence-corrected chi connectivity index (χ3v) is 6.47. The molecule has 8 heteroatoms. The minimum absolute atomic E-state index is 0.00337. The predicted molar refractivity (Wildman–Crippen MR) is 146 cm³/mol. The maximum atomic E-state index is 13.5. The Bertz CT molecular complexity index is 1210. The van der Waals surface area contributed by atoms with Gasteiger partial charge in [0.05, 0.1) is 37.5 Å². The Balaban J connectivity index is 2.25. The van der Waals surface area contributed by atoms with E-state index in [1.54, 1.807) is 31.4 Å². The molecule has 1 fully saturated rings. The molecule has 0 aliphatic carbocycles. The quantitative estimate of drug-likeness (QED) is 0.196. The monoisotopic (exact) mass is 525 g/mol. The number of carbonyl (C=O) groups is 2. The molecule has 1 atom stereocenters. The second kappa shape index (κ2) is 11.9. The van der Waals surface area contributed by atoms with Crippen LogP contribution >= 0.6 is 0 Å². The normalized spacial score (nSPS) is 17.3. The molecule has 0 aromatic heterocycles. The number of ketones is 1. The van der Waals surface area contributed by atoms with Crippen molar-refractivity contribution in [3.8, 4) is 17.2 Å². The van der Waals surface area contributed by atoms with Crippen molar-refractivity contribution in [3.05, 3.63) is 58.7 Å². The summed E-state index contributed by atoms with van der Waals surface area (Å²) in [6.45, 7) is 10.7. The zero-order chi connectivity index (χ0) is 28.2. The van der Waals surface area contributed by atoms with Gasteiger partial charge in [0.15, 0.2) is 11.5 Å². The average molecular weight is 526 g/mol. The highest BCUT2D eigenvalue weighted by Crippen LogP contribution is 2.43. The molecular weight excluding hydrogens is 486 g/mol. The Morgan fingerprint density at radius 2 is 1.63 bits per heavy atom. The zero-order valence-electron chi connectivity index (χ0n) is 23.6. The highest BCUT2D eigenvalue weighted by molar-refractivity contribution is 6.46. The second-order valence-corrected chi connectivity index (χ2v) is 10.6. The molecule has 1 aliphatic rings. The molecule has 0 spiro atoms. The van der Waals surface area contributed by atoms with Gasteiger partial charge in [0.2, 0.25) is 0 Å². The van der Waals surface area contributed by atoms with Crippen molar-refractivity contribution in [3.63, 3.8) is 0 Å². The molecular formula is C30H39NO7. The van der Waals surface area contributed by atoms with E-state index < -0.39 is 17.7 Å². The Kier molecular flexibility index (Phi) is 9.09. The first kappa shape index (κ1) is 29.0. The number of hydrogen-bond acceptors (Lipinski definition) is 7. The summed E-state index contributed by atoms with van der Waals surface area (Å²) in [6.07, 6.45) is 0.450. The summed E-state index contributed by atoms with van der Waals surface area (Å²) in [5, 5.41) is 11.7. The molecule has 0 radical (unpaired) electrons. The number of aliphatic hydroxyl groups excluding tert-OH is 1. The van der Waals surface area contributed by atoms with Gasteiger partial charge in [-0.1, -0.05) is 32.9 Å². The van der Waals surface area contributed by atoms with Crippen molar-refractivity contribution in [2.24, 2.45) is 0 Å². The van der Waals surface area contributed by atoms with E-state index >= 15 is 0 Å². The average Bonchev–Trinajstić information content (AvgIpc) is 3.12. The number of nitrogens with zero attached hydrogens (tertiary/aromatic N) is 1. The van der Waals surface area contributed by atoms with Gasteiger partial charge in [-0.3, -0.25) is 9.59 Å². The van der Waals surface area contributed by atoms with E-state index in [2.05, 4.69) is 20.8 Å². The highest BCUT2D eigenvalue weighted by Gasteiger charge is 2.46. The number of aliphatic hydroxyl groups is 1. The van der Waals surface area contributed by atoms with Crippen LogP contribution in [-0.2, 0) is 19.7 Å². The summed E-state index contributed by atoms with van der Waals surface area (Å²) in [7, 11) is 4.62. The highest BCUT2D eigenvalue weighted by atomic mass is 16.5. The second-order valence-electron chi connectivity index (χ2n) is 10.6. The molecule has 2 aromatic carbocycles. The fourth-order valence-electron chi connectivity index (χ4n) is 4.55. The number of ether oxygens (including phenoxy) is 4. The van der Waals surface area contributed by atoms with Gasteiger partial charge in [-0.2, -0.15) is 0 Å². The van der Waals surface area contributed by atoms with Crippen LogP contribution in [0.3, 0.4) is 0 Å². The van der Waals surface area contributed by atoms with Crippen molar-refractivity contribution < 1.29 is 33.6 Å². The molecule has 1 N–H and O–H groups in total.